The fourth-order valence-electron chi connectivity index (χ4n) is 4.06. The van der Waals surface area contributed by atoms with Crippen molar-refractivity contribution in [3.63, 3.8) is 0 Å². The Hall–Kier alpha value is -3.48. The van der Waals surface area contributed by atoms with Gasteiger partial charge in [-0.3, -0.25) is 9.59 Å². The number of carbonyl (C=O) groups excluding carboxylic acids is 3. The minimum absolute atomic E-state index is 0.0728. The summed E-state index contributed by atoms with van der Waals surface area (Å²) >= 11 is 0. The summed E-state index contributed by atoms with van der Waals surface area (Å²) in [7, 11) is 0. The Morgan fingerprint density at radius 3 is 2.29 bits per heavy atom. The third kappa shape index (κ3) is 3.38. The van der Waals surface area contributed by atoms with Gasteiger partial charge in [0, 0.05) is 29.3 Å². The number of hydrogen-bond donors (Lipinski definition) is 2. The Morgan fingerprint density at radius 1 is 0.929 bits per heavy atom. The highest BCUT2D eigenvalue weighted by atomic mass is 16.4. The lowest BCUT2D eigenvalue weighted by atomic mass is 9.82. The van der Waals surface area contributed by atoms with Gasteiger partial charge in [-0.15, -0.1) is 0 Å². The van der Waals surface area contributed by atoms with Gasteiger partial charge in [-0.1, -0.05) is 18.2 Å². The molecule has 7 nitrogen and oxygen atoms in total. The molecule has 1 heterocycles. The first-order chi connectivity index (χ1) is 13.5. The number of nitrogens with zero attached hydrogens (tertiary/aromatic N) is 1. The highest BCUT2D eigenvalue weighted by Gasteiger charge is 2.48. The topological polar surface area (TPSA) is 111 Å². The smallest absolute Gasteiger partial charge is 0.256 e. The van der Waals surface area contributed by atoms with Gasteiger partial charge >= 0.3 is 0 Å². The van der Waals surface area contributed by atoms with Crippen molar-refractivity contribution >= 4 is 29.3 Å². The summed E-state index contributed by atoms with van der Waals surface area (Å²) < 4.78 is 0. The first-order valence-corrected chi connectivity index (χ1v) is 9.05. The molecular formula is C21H18N3O4-. The molecule has 2 bridgehead atoms. The average Bonchev–Trinajstić information content (AvgIpc) is 3.31. The lowest BCUT2D eigenvalue weighted by molar-refractivity contribution is -0.313. The van der Waals surface area contributed by atoms with E-state index in [0.717, 1.165) is 0 Å². The summed E-state index contributed by atoms with van der Waals surface area (Å²) in [6.07, 6.45) is 6.03. The average molecular weight is 376 g/mol. The fourth-order valence-corrected chi connectivity index (χ4v) is 4.06. The number of aromatic nitrogens is 1. The number of fused-ring (bicyclic) bond motifs is 2. The van der Waals surface area contributed by atoms with E-state index < -0.39 is 17.8 Å². The van der Waals surface area contributed by atoms with Gasteiger partial charge in [-0.05, 0) is 54.7 Å². The summed E-state index contributed by atoms with van der Waals surface area (Å²) in [4.78, 5) is 40.4. The molecular weight excluding hydrogens is 358 g/mol. The maximum absolute atomic E-state index is 12.7. The van der Waals surface area contributed by atoms with Crippen LogP contribution < -0.4 is 15.7 Å². The predicted molar refractivity (Wildman–Crippen MR) is 100.0 cm³/mol. The molecule has 0 unspecified atom stereocenters. The van der Waals surface area contributed by atoms with Crippen LogP contribution in [0.4, 0.5) is 11.5 Å². The van der Waals surface area contributed by atoms with Crippen LogP contribution in [0.15, 0.2) is 60.8 Å². The molecule has 2 aromatic rings. The SMILES string of the molecule is O=C(Nc1ccccn1)c1ccc(NC(=O)[C@H]2[C@@H](C(=O)[O-])[C@H]3C=C[C@H]2C3)cc1. The van der Waals surface area contributed by atoms with Gasteiger partial charge in [0.2, 0.25) is 5.91 Å². The Kier molecular flexibility index (Phi) is 4.65. The molecule has 0 aliphatic heterocycles. The van der Waals surface area contributed by atoms with Crippen molar-refractivity contribution in [2.24, 2.45) is 23.7 Å². The lowest BCUT2D eigenvalue weighted by Gasteiger charge is -2.27. The maximum atomic E-state index is 12.7. The van der Waals surface area contributed by atoms with Crippen molar-refractivity contribution < 1.29 is 19.5 Å². The van der Waals surface area contributed by atoms with Gasteiger partial charge in [-0.2, -0.15) is 0 Å². The number of aliphatic carboxylic acids is 1. The highest BCUT2D eigenvalue weighted by molar-refractivity contribution is 6.04. The van der Waals surface area contributed by atoms with Crippen molar-refractivity contribution in [2.75, 3.05) is 10.6 Å². The third-order valence-electron chi connectivity index (χ3n) is 5.36. The molecule has 1 saturated carbocycles. The number of rotatable bonds is 5. The van der Waals surface area contributed by atoms with E-state index in [1.165, 1.54) is 0 Å². The second kappa shape index (κ2) is 7.26. The van der Waals surface area contributed by atoms with Crippen molar-refractivity contribution in [3.05, 3.63) is 66.4 Å². The molecule has 7 heteroatoms. The summed E-state index contributed by atoms with van der Waals surface area (Å²) in [6.45, 7) is 0. The van der Waals surface area contributed by atoms with E-state index in [4.69, 9.17) is 0 Å². The van der Waals surface area contributed by atoms with E-state index in [0.29, 0.717) is 23.5 Å². The van der Waals surface area contributed by atoms with Crippen LogP contribution in [0.2, 0.25) is 0 Å². The molecule has 4 atom stereocenters. The second-order valence-electron chi connectivity index (χ2n) is 7.05. The van der Waals surface area contributed by atoms with E-state index in [9.17, 15) is 19.5 Å². The molecule has 2 aliphatic rings. The van der Waals surface area contributed by atoms with Gasteiger partial charge in [0.25, 0.3) is 5.91 Å². The molecule has 1 fully saturated rings. The van der Waals surface area contributed by atoms with Crippen LogP contribution in [0.1, 0.15) is 16.8 Å². The number of anilines is 2. The Bertz CT molecular complexity index is 940. The van der Waals surface area contributed by atoms with E-state index in [-0.39, 0.29) is 23.7 Å². The minimum atomic E-state index is -1.18. The standard InChI is InChI=1S/C21H19N3O4/c25-19(24-16-3-1-2-10-22-16)12-6-8-15(9-7-12)23-20(26)17-13-4-5-14(11-13)18(17)21(27)28/h1-10,13-14,17-18H,11H2,(H,23,26)(H,27,28)(H,22,24,25)/p-1/t13-,14-,17+,18-/m0/s1. The molecule has 1 aromatic carbocycles. The van der Waals surface area contributed by atoms with Gasteiger partial charge in [-0.25, -0.2) is 4.98 Å². The number of allylic oxidation sites excluding steroid dienone is 2. The zero-order valence-corrected chi connectivity index (χ0v) is 14.9. The predicted octanol–water partition coefficient (Wildman–Crippen LogP) is 1.46. The molecule has 2 N–H and O–H groups in total. The maximum Gasteiger partial charge on any atom is 0.256 e. The Morgan fingerprint density at radius 2 is 1.64 bits per heavy atom. The summed E-state index contributed by atoms with van der Waals surface area (Å²) in [6, 6.07) is 11.6. The normalized spacial score (nSPS) is 24.7. The number of amides is 2. The number of benzene rings is 1. The largest absolute Gasteiger partial charge is 0.550 e. The van der Waals surface area contributed by atoms with Gasteiger partial charge in [0.05, 0.1) is 5.92 Å². The van der Waals surface area contributed by atoms with E-state index in [2.05, 4.69) is 15.6 Å². The Balaban J connectivity index is 1.42. The lowest BCUT2D eigenvalue weighted by Crippen LogP contribution is -2.42. The molecule has 28 heavy (non-hydrogen) atoms. The molecule has 0 saturated heterocycles. The second-order valence-corrected chi connectivity index (χ2v) is 7.05. The number of carboxylic acid groups (broad SMARTS) is 1. The molecule has 2 aliphatic carbocycles. The zero-order chi connectivity index (χ0) is 19.7. The molecule has 4 rings (SSSR count). The Labute approximate surface area is 161 Å². The summed E-state index contributed by atoms with van der Waals surface area (Å²) in [5.74, 6) is -3.02. The van der Waals surface area contributed by atoms with Crippen LogP contribution >= 0.6 is 0 Å². The molecule has 0 spiro atoms. The van der Waals surface area contributed by atoms with Crippen LogP contribution in [0.3, 0.4) is 0 Å². The number of pyridine rings is 1. The van der Waals surface area contributed by atoms with E-state index in [1.807, 2.05) is 12.2 Å². The molecule has 1 aromatic heterocycles. The number of hydrogen-bond acceptors (Lipinski definition) is 5. The summed E-state index contributed by atoms with van der Waals surface area (Å²) in [5, 5.41) is 16.9. The van der Waals surface area contributed by atoms with Crippen LogP contribution in [0.5, 0.6) is 0 Å². The van der Waals surface area contributed by atoms with Gasteiger partial charge in [0.15, 0.2) is 0 Å². The number of carbonyl (C=O) groups is 3. The molecule has 142 valence electrons. The van der Waals surface area contributed by atoms with Gasteiger partial charge in [0.1, 0.15) is 5.82 Å². The summed E-state index contributed by atoms with van der Waals surface area (Å²) in [5.41, 5.74) is 0.919. The van der Waals surface area contributed by atoms with Crippen LogP contribution in [0, 0.1) is 23.7 Å². The number of carboxylic acids is 1. The monoisotopic (exact) mass is 376 g/mol. The van der Waals surface area contributed by atoms with Crippen LogP contribution in [-0.2, 0) is 9.59 Å². The third-order valence-corrected chi connectivity index (χ3v) is 5.36. The zero-order valence-electron chi connectivity index (χ0n) is 14.9. The molecule has 0 radical (unpaired) electrons. The van der Waals surface area contributed by atoms with Crippen LogP contribution in [0.25, 0.3) is 0 Å². The minimum Gasteiger partial charge on any atom is -0.550 e. The van der Waals surface area contributed by atoms with Crippen LogP contribution in [-0.4, -0.2) is 22.8 Å². The van der Waals surface area contributed by atoms with Crippen molar-refractivity contribution in [3.8, 4) is 0 Å². The van der Waals surface area contributed by atoms with Crippen molar-refractivity contribution in [1.29, 1.82) is 0 Å². The molecule has 2 amide bonds. The van der Waals surface area contributed by atoms with E-state index in [1.54, 1.807) is 48.7 Å². The fraction of sp³-hybridized carbons (Fsp3) is 0.238. The van der Waals surface area contributed by atoms with Gasteiger partial charge < -0.3 is 20.5 Å². The first kappa shape index (κ1) is 17.9. The van der Waals surface area contributed by atoms with Crippen molar-refractivity contribution in [2.45, 2.75) is 6.42 Å². The highest BCUT2D eigenvalue weighted by Crippen LogP contribution is 2.48. The quantitative estimate of drug-likeness (QED) is 0.768. The first-order valence-electron chi connectivity index (χ1n) is 9.05. The van der Waals surface area contributed by atoms with Crippen molar-refractivity contribution in [1.82, 2.24) is 4.98 Å². The van der Waals surface area contributed by atoms with E-state index >= 15 is 0 Å². The number of nitrogens with one attached hydrogen (secondary N) is 2.